The third-order valence-corrected chi connectivity index (χ3v) is 8.19. The molecule has 2 aliphatic carbocycles. The van der Waals surface area contributed by atoms with E-state index in [0.29, 0.717) is 55.2 Å². The quantitative estimate of drug-likeness (QED) is 0.326. The molecule has 5 rings (SSSR count). The SMILES string of the molecule is C[C@]1(C(N)=O)CC[C@@H](n2c(Nc3c(F)cc(Cl)cc3Cl)nc3cnc(N[C@H]4CCCC(O)C4)nc32)CC1. The number of nitrogens with two attached hydrogens (primary N) is 1. The number of benzene rings is 1. The van der Waals surface area contributed by atoms with E-state index in [1.807, 2.05) is 11.5 Å². The van der Waals surface area contributed by atoms with Crippen LogP contribution in [0, 0.1) is 11.2 Å². The molecular formula is C25H30Cl2FN7O2. The molecule has 5 N–H and O–H groups in total. The van der Waals surface area contributed by atoms with Crippen LogP contribution < -0.4 is 16.4 Å². The van der Waals surface area contributed by atoms with Crippen molar-refractivity contribution in [3.8, 4) is 0 Å². The van der Waals surface area contributed by atoms with Crippen molar-refractivity contribution in [1.82, 2.24) is 19.5 Å². The highest BCUT2D eigenvalue weighted by molar-refractivity contribution is 6.36. The molecule has 0 saturated heterocycles. The molecule has 0 radical (unpaired) electrons. The number of anilines is 3. The zero-order valence-electron chi connectivity index (χ0n) is 20.5. The Morgan fingerprint density at radius 1 is 1.22 bits per heavy atom. The van der Waals surface area contributed by atoms with Gasteiger partial charge < -0.3 is 21.5 Å². The lowest BCUT2D eigenvalue weighted by Crippen LogP contribution is -2.38. The number of aliphatic hydroxyl groups excluding tert-OH is 1. The number of primary amides is 1. The summed E-state index contributed by atoms with van der Waals surface area (Å²) in [5, 5.41) is 16.7. The molecule has 0 bridgehead atoms. The molecule has 2 aliphatic rings. The van der Waals surface area contributed by atoms with Gasteiger partial charge in [0.25, 0.3) is 0 Å². The van der Waals surface area contributed by atoms with Crippen molar-refractivity contribution in [2.75, 3.05) is 10.6 Å². The van der Waals surface area contributed by atoms with Crippen LogP contribution in [0.15, 0.2) is 18.3 Å². The molecule has 2 saturated carbocycles. The van der Waals surface area contributed by atoms with E-state index in [0.717, 1.165) is 19.3 Å². The van der Waals surface area contributed by atoms with Crippen LogP contribution in [0.1, 0.15) is 64.3 Å². The van der Waals surface area contributed by atoms with E-state index in [1.165, 1.54) is 12.1 Å². The number of fused-ring (bicyclic) bond motifs is 1. The Hall–Kier alpha value is -2.69. The smallest absolute Gasteiger partial charge is 0.224 e. The number of hydrogen-bond donors (Lipinski definition) is 4. The average Bonchev–Trinajstić information content (AvgIpc) is 3.19. The normalized spacial score (nSPS) is 26.2. The molecule has 0 spiro atoms. The van der Waals surface area contributed by atoms with Gasteiger partial charge in [-0.1, -0.05) is 30.1 Å². The number of amides is 1. The second kappa shape index (κ2) is 10.2. The predicted molar refractivity (Wildman–Crippen MR) is 142 cm³/mol. The van der Waals surface area contributed by atoms with Gasteiger partial charge in [0.15, 0.2) is 5.65 Å². The second-order valence-electron chi connectivity index (χ2n) is 10.4. The second-order valence-corrected chi connectivity index (χ2v) is 11.2. The maximum atomic E-state index is 14.8. The van der Waals surface area contributed by atoms with Crippen molar-refractivity contribution >= 4 is 57.9 Å². The Balaban J connectivity index is 1.52. The van der Waals surface area contributed by atoms with Gasteiger partial charge in [0.05, 0.1) is 23.0 Å². The predicted octanol–water partition coefficient (Wildman–Crippen LogP) is 5.34. The summed E-state index contributed by atoms with van der Waals surface area (Å²) in [4.78, 5) is 25.9. The lowest BCUT2D eigenvalue weighted by molar-refractivity contribution is -0.128. The highest BCUT2D eigenvalue weighted by atomic mass is 35.5. The number of carbonyl (C=O) groups is 1. The first-order chi connectivity index (χ1) is 17.6. The summed E-state index contributed by atoms with van der Waals surface area (Å²) in [5.74, 6) is -0.109. The van der Waals surface area contributed by atoms with Crippen LogP contribution in [0.5, 0.6) is 0 Å². The largest absolute Gasteiger partial charge is 0.393 e. The molecule has 1 unspecified atom stereocenters. The maximum absolute atomic E-state index is 14.8. The standard InChI is InChI=1S/C25H30Cl2FN7O2/c1-25(22(29)37)7-5-15(6-8-25)35-21-19(12-30-23(34-21)31-14-3-2-4-16(36)11-14)32-24(35)33-20-17(27)9-13(26)10-18(20)28/h9-10,12,14-16,36H,2-8,11H2,1H3,(H2,29,37)(H,32,33)(H,30,31,34)/t14-,15-,16?,25+/m0/s1. The molecule has 2 heterocycles. The lowest BCUT2D eigenvalue weighted by Gasteiger charge is -2.35. The minimum atomic E-state index is -0.606. The lowest BCUT2D eigenvalue weighted by atomic mass is 9.73. The molecule has 3 aromatic rings. The first kappa shape index (κ1) is 25.9. The van der Waals surface area contributed by atoms with E-state index >= 15 is 0 Å². The van der Waals surface area contributed by atoms with E-state index in [4.69, 9.17) is 33.9 Å². The van der Waals surface area contributed by atoms with Crippen molar-refractivity contribution in [1.29, 1.82) is 0 Å². The van der Waals surface area contributed by atoms with E-state index < -0.39 is 11.2 Å². The number of carbonyl (C=O) groups excluding carboxylic acids is 1. The van der Waals surface area contributed by atoms with Gasteiger partial charge >= 0.3 is 0 Å². The summed E-state index contributed by atoms with van der Waals surface area (Å²) >= 11 is 12.3. The Bertz CT molecular complexity index is 1300. The van der Waals surface area contributed by atoms with Crippen LogP contribution in [-0.4, -0.2) is 42.7 Å². The molecule has 12 heteroatoms. The third-order valence-electron chi connectivity index (χ3n) is 7.67. The summed E-state index contributed by atoms with van der Waals surface area (Å²) in [5.41, 5.74) is 6.26. The van der Waals surface area contributed by atoms with Crippen LogP contribution >= 0.6 is 23.2 Å². The molecule has 2 aromatic heterocycles. The zero-order chi connectivity index (χ0) is 26.3. The maximum Gasteiger partial charge on any atom is 0.224 e. The number of imidazole rings is 1. The summed E-state index contributed by atoms with van der Waals surface area (Å²) in [6, 6.07) is 2.65. The zero-order valence-corrected chi connectivity index (χ0v) is 22.0. The van der Waals surface area contributed by atoms with E-state index in [9.17, 15) is 14.3 Å². The average molecular weight is 550 g/mol. The summed E-state index contributed by atoms with van der Waals surface area (Å²) < 4.78 is 16.7. The molecule has 2 fully saturated rings. The Labute approximate surface area is 224 Å². The van der Waals surface area contributed by atoms with Crippen molar-refractivity contribution in [3.63, 3.8) is 0 Å². The summed E-state index contributed by atoms with van der Waals surface area (Å²) in [7, 11) is 0. The molecule has 0 aliphatic heterocycles. The number of nitrogens with one attached hydrogen (secondary N) is 2. The Morgan fingerprint density at radius 3 is 2.65 bits per heavy atom. The number of nitrogens with zero attached hydrogens (tertiary/aromatic N) is 4. The molecule has 2 atom stereocenters. The van der Waals surface area contributed by atoms with Crippen LogP contribution in [0.3, 0.4) is 0 Å². The van der Waals surface area contributed by atoms with Gasteiger partial charge in [0.2, 0.25) is 17.8 Å². The van der Waals surface area contributed by atoms with Gasteiger partial charge in [-0.05, 0) is 63.5 Å². The molecule has 1 amide bonds. The van der Waals surface area contributed by atoms with Crippen molar-refractivity contribution in [3.05, 3.63) is 34.2 Å². The number of hydrogen-bond acceptors (Lipinski definition) is 7. The topological polar surface area (TPSA) is 131 Å². The number of aromatic nitrogens is 4. The van der Waals surface area contributed by atoms with Crippen LogP contribution in [0.2, 0.25) is 10.0 Å². The molecule has 1 aromatic carbocycles. The van der Waals surface area contributed by atoms with Crippen molar-refractivity contribution in [2.24, 2.45) is 11.1 Å². The van der Waals surface area contributed by atoms with Gasteiger partial charge in [-0.2, -0.15) is 4.98 Å². The fraction of sp³-hybridized carbons (Fsp3) is 0.520. The highest BCUT2D eigenvalue weighted by Gasteiger charge is 2.38. The molecular weight excluding hydrogens is 520 g/mol. The Kier molecular flexibility index (Phi) is 7.17. The summed E-state index contributed by atoms with van der Waals surface area (Å²) in [6.45, 7) is 1.89. The van der Waals surface area contributed by atoms with Crippen LogP contribution in [0.4, 0.5) is 22.0 Å². The fourth-order valence-electron chi connectivity index (χ4n) is 5.39. The Morgan fingerprint density at radius 2 is 1.97 bits per heavy atom. The van der Waals surface area contributed by atoms with Crippen molar-refractivity contribution in [2.45, 2.75) is 76.5 Å². The number of halogens is 3. The molecule has 37 heavy (non-hydrogen) atoms. The first-order valence-electron chi connectivity index (χ1n) is 12.5. The van der Waals surface area contributed by atoms with Crippen molar-refractivity contribution < 1.29 is 14.3 Å². The van der Waals surface area contributed by atoms with E-state index in [-0.39, 0.29) is 39.8 Å². The van der Waals surface area contributed by atoms with Gasteiger partial charge in [-0.25, -0.2) is 14.4 Å². The number of aliphatic hydroxyl groups is 1. The minimum absolute atomic E-state index is 0.0582. The van der Waals surface area contributed by atoms with Gasteiger partial charge in [-0.3, -0.25) is 9.36 Å². The van der Waals surface area contributed by atoms with Crippen LogP contribution in [0.25, 0.3) is 11.2 Å². The first-order valence-corrected chi connectivity index (χ1v) is 13.3. The van der Waals surface area contributed by atoms with Crippen LogP contribution in [-0.2, 0) is 4.79 Å². The van der Waals surface area contributed by atoms with Gasteiger partial charge in [-0.15, -0.1) is 0 Å². The third kappa shape index (κ3) is 5.32. The monoisotopic (exact) mass is 549 g/mol. The van der Waals surface area contributed by atoms with Gasteiger partial charge in [0.1, 0.15) is 11.3 Å². The molecule has 198 valence electrons. The fourth-order valence-corrected chi connectivity index (χ4v) is 5.91. The minimum Gasteiger partial charge on any atom is -0.393 e. The van der Waals surface area contributed by atoms with E-state index in [1.54, 1.807) is 6.20 Å². The van der Waals surface area contributed by atoms with E-state index in [2.05, 4.69) is 20.6 Å². The highest BCUT2D eigenvalue weighted by Crippen LogP contribution is 2.43. The summed E-state index contributed by atoms with van der Waals surface area (Å²) in [6.07, 6.45) is 7.13. The van der Waals surface area contributed by atoms with Gasteiger partial charge in [0, 0.05) is 22.5 Å². The number of rotatable bonds is 6. The molecule has 9 nitrogen and oxygen atoms in total.